The molecule has 0 N–H and O–H groups in total. The SMILES string of the molecule is CC(=O)c1ccc(C=O)c(Br)c1OC(F)(F)F. The minimum Gasteiger partial charge on any atom is -0.404 e. The van der Waals surface area contributed by atoms with Gasteiger partial charge in [-0.2, -0.15) is 0 Å². The van der Waals surface area contributed by atoms with Crippen LogP contribution in [0.3, 0.4) is 0 Å². The summed E-state index contributed by atoms with van der Waals surface area (Å²) < 4.78 is 40.0. The molecule has 0 unspecified atom stereocenters. The van der Waals surface area contributed by atoms with Crippen LogP contribution in [0, 0.1) is 0 Å². The standard InChI is InChI=1S/C10H6BrF3O3/c1-5(16)7-3-2-6(4-15)8(11)9(7)17-10(12,13)14/h2-4H,1H3. The molecule has 0 fully saturated rings. The van der Waals surface area contributed by atoms with Crippen LogP contribution in [0.2, 0.25) is 0 Å². The molecule has 92 valence electrons. The summed E-state index contributed by atoms with van der Waals surface area (Å²) in [6.07, 6.45) is -4.58. The smallest absolute Gasteiger partial charge is 0.404 e. The van der Waals surface area contributed by atoms with E-state index >= 15 is 0 Å². The van der Waals surface area contributed by atoms with Crippen molar-refractivity contribution in [2.24, 2.45) is 0 Å². The monoisotopic (exact) mass is 310 g/mol. The Morgan fingerprint density at radius 2 is 2.00 bits per heavy atom. The number of ketones is 1. The Balaban J connectivity index is 3.40. The molecule has 0 aliphatic heterocycles. The number of aldehydes is 1. The normalized spacial score (nSPS) is 11.1. The molecule has 0 atom stereocenters. The summed E-state index contributed by atoms with van der Waals surface area (Å²) in [5, 5.41) is 0. The minimum absolute atomic E-state index is 0.0331. The molecule has 0 aromatic heterocycles. The molecular weight excluding hydrogens is 305 g/mol. The summed E-state index contributed by atoms with van der Waals surface area (Å²) in [4.78, 5) is 21.7. The van der Waals surface area contributed by atoms with Gasteiger partial charge >= 0.3 is 6.36 Å². The van der Waals surface area contributed by atoms with Crippen LogP contribution in [0.5, 0.6) is 5.75 Å². The summed E-state index contributed by atoms with van der Waals surface area (Å²) in [5.41, 5.74) is -0.283. The van der Waals surface area contributed by atoms with Crippen LogP contribution in [0.4, 0.5) is 13.2 Å². The van der Waals surface area contributed by atoms with Gasteiger partial charge in [0.15, 0.2) is 17.8 Å². The number of carbonyl (C=O) groups excluding carboxylic acids is 2. The fraction of sp³-hybridized carbons (Fsp3) is 0.200. The molecule has 3 nitrogen and oxygen atoms in total. The van der Waals surface area contributed by atoms with Gasteiger partial charge < -0.3 is 4.74 Å². The van der Waals surface area contributed by atoms with E-state index in [4.69, 9.17) is 0 Å². The lowest BCUT2D eigenvalue weighted by atomic mass is 10.1. The average Bonchev–Trinajstić information content (AvgIpc) is 2.18. The zero-order chi connectivity index (χ0) is 13.2. The number of alkyl halides is 3. The van der Waals surface area contributed by atoms with Gasteiger partial charge in [-0.05, 0) is 35.0 Å². The Hall–Kier alpha value is -1.37. The Kier molecular flexibility index (Phi) is 3.92. The number of rotatable bonds is 3. The minimum atomic E-state index is -4.94. The van der Waals surface area contributed by atoms with E-state index in [9.17, 15) is 22.8 Å². The first-order chi connectivity index (χ1) is 7.76. The molecular formula is C10H6BrF3O3. The third-order valence-corrected chi connectivity index (χ3v) is 2.67. The van der Waals surface area contributed by atoms with Crippen LogP contribution in [0.25, 0.3) is 0 Å². The van der Waals surface area contributed by atoms with Gasteiger partial charge in [-0.25, -0.2) is 0 Å². The third-order valence-electron chi connectivity index (χ3n) is 1.85. The Labute approximate surface area is 103 Å². The van der Waals surface area contributed by atoms with Crippen molar-refractivity contribution in [3.8, 4) is 5.75 Å². The van der Waals surface area contributed by atoms with Crippen LogP contribution in [-0.4, -0.2) is 18.4 Å². The second kappa shape index (κ2) is 4.87. The van der Waals surface area contributed by atoms with Crippen molar-refractivity contribution in [2.45, 2.75) is 13.3 Å². The lowest BCUT2D eigenvalue weighted by Gasteiger charge is -2.14. The molecule has 17 heavy (non-hydrogen) atoms. The largest absolute Gasteiger partial charge is 0.573 e. The summed E-state index contributed by atoms with van der Waals surface area (Å²) in [7, 11) is 0. The van der Waals surface area contributed by atoms with Crippen LogP contribution in [0.1, 0.15) is 27.6 Å². The van der Waals surface area contributed by atoms with Crippen LogP contribution >= 0.6 is 15.9 Å². The first-order valence-electron chi connectivity index (χ1n) is 4.30. The van der Waals surface area contributed by atoms with Gasteiger partial charge in [0.25, 0.3) is 0 Å². The lowest BCUT2D eigenvalue weighted by Crippen LogP contribution is -2.19. The number of ether oxygens (including phenoxy) is 1. The van der Waals surface area contributed by atoms with Crippen molar-refractivity contribution < 1.29 is 27.5 Å². The highest BCUT2D eigenvalue weighted by atomic mass is 79.9. The molecule has 0 aliphatic rings. The molecule has 1 rings (SSSR count). The first kappa shape index (κ1) is 13.7. The maximum Gasteiger partial charge on any atom is 0.573 e. The van der Waals surface area contributed by atoms with E-state index in [0.29, 0.717) is 6.29 Å². The second-order valence-corrected chi connectivity index (χ2v) is 3.86. The van der Waals surface area contributed by atoms with Gasteiger partial charge in [-0.15, -0.1) is 13.2 Å². The maximum absolute atomic E-state index is 12.2. The Bertz CT molecular complexity index is 469. The summed E-state index contributed by atoms with van der Waals surface area (Å²) in [5.74, 6) is -1.29. The molecule has 0 amide bonds. The molecule has 1 aromatic carbocycles. The van der Waals surface area contributed by atoms with E-state index in [1.165, 1.54) is 6.07 Å². The van der Waals surface area contributed by atoms with Gasteiger partial charge in [0.1, 0.15) is 0 Å². The van der Waals surface area contributed by atoms with Gasteiger partial charge in [-0.3, -0.25) is 9.59 Å². The zero-order valence-electron chi connectivity index (χ0n) is 8.47. The topological polar surface area (TPSA) is 43.4 Å². The van der Waals surface area contributed by atoms with Gasteiger partial charge in [0, 0.05) is 5.56 Å². The van der Waals surface area contributed by atoms with Crippen molar-refractivity contribution in [1.29, 1.82) is 0 Å². The van der Waals surface area contributed by atoms with Gasteiger partial charge in [0.2, 0.25) is 0 Å². The molecule has 0 bridgehead atoms. The van der Waals surface area contributed by atoms with Crippen molar-refractivity contribution in [1.82, 2.24) is 0 Å². The van der Waals surface area contributed by atoms with Crippen molar-refractivity contribution in [3.63, 3.8) is 0 Å². The van der Waals surface area contributed by atoms with Crippen molar-refractivity contribution >= 4 is 28.0 Å². The number of hydrogen-bond donors (Lipinski definition) is 0. The van der Waals surface area contributed by atoms with E-state index in [1.807, 2.05) is 0 Å². The number of benzene rings is 1. The molecule has 1 aromatic rings. The van der Waals surface area contributed by atoms with E-state index in [0.717, 1.165) is 13.0 Å². The molecule has 0 saturated heterocycles. The molecule has 7 heteroatoms. The fourth-order valence-corrected chi connectivity index (χ4v) is 1.68. The second-order valence-electron chi connectivity index (χ2n) is 3.07. The van der Waals surface area contributed by atoms with Crippen molar-refractivity contribution in [2.75, 3.05) is 0 Å². The Morgan fingerprint density at radius 3 is 2.41 bits per heavy atom. The van der Waals surface area contributed by atoms with Crippen LogP contribution < -0.4 is 4.74 Å². The van der Waals surface area contributed by atoms with E-state index < -0.39 is 17.9 Å². The van der Waals surface area contributed by atoms with Crippen LogP contribution in [-0.2, 0) is 0 Å². The van der Waals surface area contributed by atoms with Crippen LogP contribution in [0.15, 0.2) is 16.6 Å². The highest BCUT2D eigenvalue weighted by Gasteiger charge is 2.34. The fourth-order valence-electron chi connectivity index (χ4n) is 1.16. The summed E-state index contributed by atoms with van der Waals surface area (Å²) in [6, 6.07) is 2.34. The Morgan fingerprint density at radius 1 is 1.41 bits per heavy atom. The zero-order valence-corrected chi connectivity index (χ0v) is 10.1. The maximum atomic E-state index is 12.2. The molecule has 0 saturated carbocycles. The number of halogens is 4. The van der Waals surface area contributed by atoms with Gasteiger partial charge in [-0.1, -0.05) is 0 Å². The number of Topliss-reactive ketones (excluding diaryl/α,β-unsaturated/α-hetero) is 1. The molecule has 0 aliphatic carbocycles. The van der Waals surface area contributed by atoms with E-state index in [1.54, 1.807) is 0 Å². The highest BCUT2D eigenvalue weighted by Crippen LogP contribution is 2.36. The molecule has 0 radical (unpaired) electrons. The molecule has 0 heterocycles. The van der Waals surface area contributed by atoms with Crippen molar-refractivity contribution in [3.05, 3.63) is 27.7 Å². The van der Waals surface area contributed by atoms with E-state index in [-0.39, 0.29) is 15.6 Å². The quantitative estimate of drug-likeness (QED) is 0.635. The van der Waals surface area contributed by atoms with E-state index in [2.05, 4.69) is 20.7 Å². The predicted octanol–water partition coefficient (Wildman–Crippen LogP) is 3.36. The average molecular weight is 311 g/mol. The lowest BCUT2D eigenvalue weighted by molar-refractivity contribution is -0.275. The highest BCUT2D eigenvalue weighted by molar-refractivity contribution is 9.10. The predicted molar refractivity (Wildman–Crippen MR) is 56.2 cm³/mol. The summed E-state index contributed by atoms with van der Waals surface area (Å²) in [6.45, 7) is 1.10. The molecule has 0 spiro atoms. The number of hydrogen-bond acceptors (Lipinski definition) is 3. The number of carbonyl (C=O) groups is 2. The first-order valence-corrected chi connectivity index (χ1v) is 5.10. The third kappa shape index (κ3) is 3.29. The van der Waals surface area contributed by atoms with Gasteiger partial charge in [0.05, 0.1) is 10.0 Å². The summed E-state index contributed by atoms with van der Waals surface area (Å²) >= 11 is 2.80.